The van der Waals surface area contributed by atoms with Crippen LogP contribution in [0.3, 0.4) is 0 Å². The molecule has 0 aliphatic carbocycles. The summed E-state index contributed by atoms with van der Waals surface area (Å²) in [6.07, 6.45) is 4.11. The fraction of sp³-hybridized carbons (Fsp3) is 0.438. The topological polar surface area (TPSA) is 43.8 Å². The van der Waals surface area contributed by atoms with Crippen molar-refractivity contribution in [1.29, 1.82) is 0 Å². The van der Waals surface area contributed by atoms with Crippen molar-refractivity contribution in [2.45, 2.75) is 46.6 Å². The van der Waals surface area contributed by atoms with Crippen LogP contribution >= 0.6 is 0 Å². The Kier molecular flexibility index (Phi) is 3.93. The van der Waals surface area contributed by atoms with Gasteiger partial charge in [0.15, 0.2) is 0 Å². The summed E-state index contributed by atoms with van der Waals surface area (Å²) in [5.74, 6) is 0. The first-order valence-electron chi connectivity index (χ1n) is 6.99. The Morgan fingerprint density at radius 1 is 1.21 bits per heavy atom. The van der Waals surface area contributed by atoms with Gasteiger partial charge in [0.2, 0.25) is 0 Å². The maximum Gasteiger partial charge on any atom is 0.115 e. The predicted octanol–water partition coefficient (Wildman–Crippen LogP) is 4.11. The molecule has 0 aliphatic heterocycles. The zero-order valence-corrected chi connectivity index (χ0v) is 12.3. The first-order chi connectivity index (χ1) is 9.06. The van der Waals surface area contributed by atoms with Crippen LogP contribution in [-0.4, -0.2) is 9.78 Å². The zero-order valence-electron chi connectivity index (χ0n) is 12.3. The molecule has 0 fully saturated rings. The van der Waals surface area contributed by atoms with E-state index in [1.165, 1.54) is 11.1 Å². The molecule has 0 atom stereocenters. The first-order valence-corrected chi connectivity index (χ1v) is 6.99. The van der Waals surface area contributed by atoms with Gasteiger partial charge in [-0.1, -0.05) is 31.5 Å². The molecule has 0 radical (unpaired) electrons. The van der Waals surface area contributed by atoms with E-state index in [2.05, 4.69) is 45.9 Å². The highest BCUT2D eigenvalue weighted by Crippen LogP contribution is 2.29. The number of nitrogens with two attached hydrogens (primary N) is 1. The summed E-state index contributed by atoms with van der Waals surface area (Å²) in [5.41, 5.74) is 11.4. The Labute approximate surface area is 115 Å². The Hall–Kier alpha value is -1.77. The van der Waals surface area contributed by atoms with Gasteiger partial charge in [-0.15, -0.1) is 0 Å². The number of aryl methyl sites for hydroxylation is 2. The molecule has 1 aromatic heterocycles. The number of anilines is 1. The van der Waals surface area contributed by atoms with Crippen molar-refractivity contribution in [1.82, 2.24) is 9.78 Å². The molecular formula is C16H23N3. The van der Waals surface area contributed by atoms with Crippen molar-refractivity contribution in [2.75, 3.05) is 5.73 Å². The van der Waals surface area contributed by atoms with Crippen LogP contribution in [0.15, 0.2) is 24.4 Å². The predicted molar refractivity (Wildman–Crippen MR) is 81.2 cm³/mol. The third kappa shape index (κ3) is 2.65. The van der Waals surface area contributed by atoms with Crippen LogP contribution in [0.5, 0.6) is 0 Å². The highest BCUT2D eigenvalue weighted by molar-refractivity contribution is 5.74. The summed E-state index contributed by atoms with van der Waals surface area (Å²) >= 11 is 0. The average Bonchev–Trinajstić information content (AvgIpc) is 2.76. The van der Waals surface area contributed by atoms with Gasteiger partial charge in [-0.25, -0.2) is 0 Å². The standard InChI is InChI=1S/C16H23N3/c1-5-13(6-2)19-10-15(17)16(18-19)14-9-11(3)7-8-12(14)4/h7-10,13H,5-6,17H2,1-4H3. The third-order valence-electron chi connectivity index (χ3n) is 3.73. The molecule has 19 heavy (non-hydrogen) atoms. The van der Waals surface area contributed by atoms with Crippen molar-refractivity contribution in [3.8, 4) is 11.3 Å². The van der Waals surface area contributed by atoms with Crippen molar-refractivity contribution >= 4 is 5.69 Å². The van der Waals surface area contributed by atoms with E-state index >= 15 is 0 Å². The van der Waals surface area contributed by atoms with Crippen LogP contribution in [0.2, 0.25) is 0 Å². The molecule has 102 valence electrons. The van der Waals surface area contributed by atoms with E-state index in [1.807, 2.05) is 10.9 Å². The van der Waals surface area contributed by atoms with Gasteiger partial charge in [-0.2, -0.15) is 5.10 Å². The molecular weight excluding hydrogens is 234 g/mol. The van der Waals surface area contributed by atoms with Crippen molar-refractivity contribution < 1.29 is 0 Å². The number of hydrogen-bond donors (Lipinski definition) is 1. The normalized spacial score (nSPS) is 11.2. The van der Waals surface area contributed by atoms with Crippen LogP contribution < -0.4 is 5.73 Å². The lowest BCUT2D eigenvalue weighted by Crippen LogP contribution is -2.07. The van der Waals surface area contributed by atoms with Crippen molar-refractivity contribution in [2.24, 2.45) is 0 Å². The van der Waals surface area contributed by atoms with Gasteiger partial charge in [0.05, 0.1) is 11.7 Å². The molecule has 3 nitrogen and oxygen atoms in total. The fourth-order valence-corrected chi connectivity index (χ4v) is 2.46. The zero-order chi connectivity index (χ0) is 14.0. The van der Waals surface area contributed by atoms with Crippen LogP contribution in [0.4, 0.5) is 5.69 Å². The largest absolute Gasteiger partial charge is 0.396 e. The number of hydrogen-bond acceptors (Lipinski definition) is 2. The lowest BCUT2D eigenvalue weighted by molar-refractivity contribution is 0.429. The Balaban J connectivity index is 2.48. The van der Waals surface area contributed by atoms with Crippen LogP contribution in [0.1, 0.15) is 43.9 Å². The molecule has 0 saturated heterocycles. The molecule has 0 saturated carbocycles. The van der Waals surface area contributed by atoms with Crippen LogP contribution in [0, 0.1) is 13.8 Å². The van der Waals surface area contributed by atoms with Gasteiger partial charge >= 0.3 is 0 Å². The fourth-order valence-electron chi connectivity index (χ4n) is 2.46. The number of benzene rings is 1. The second kappa shape index (κ2) is 5.47. The minimum atomic E-state index is 0.432. The van der Waals surface area contributed by atoms with E-state index in [4.69, 9.17) is 10.8 Å². The van der Waals surface area contributed by atoms with E-state index in [1.54, 1.807) is 0 Å². The second-order valence-corrected chi connectivity index (χ2v) is 5.20. The summed E-state index contributed by atoms with van der Waals surface area (Å²) < 4.78 is 2.02. The number of nitrogen functional groups attached to an aromatic ring is 1. The minimum absolute atomic E-state index is 0.432. The summed E-state index contributed by atoms with van der Waals surface area (Å²) in [6, 6.07) is 6.83. The molecule has 2 rings (SSSR count). The Morgan fingerprint density at radius 3 is 2.53 bits per heavy atom. The summed E-state index contributed by atoms with van der Waals surface area (Å²) in [4.78, 5) is 0. The van der Waals surface area contributed by atoms with Gasteiger partial charge < -0.3 is 5.73 Å². The van der Waals surface area contributed by atoms with Crippen molar-refractivity contribution in [3.05, 3.63) is 35.5 Å². The molecule has 0 bridgehead atoms. The summed E-state index contributed by atoms with van der Waals surface area (Å²) in [5, 5.41) is 4.72. The molecule has 3 heteroatoms. The smallest absolute Gasteiger partial charge is 0.115 e. The first kappa shape index (κ1) is 13.7. The van der Waals surface area contributed by atoms with Gasteiger partial charge in [0.25, 0.3) is 0 Å². The molecule has 0 amide bonds. The van der Waals surface area contributed by atoms with Crippen LogP contribution in [0.25, 0.3) is 11.3 Å². The number of rotatable bonds is 4. The summed E-state index contributed by atoms with van der Waals surface area (Å²) in [7, 11) is 0. The second-order valence-electron chi connectivity index (χ2n) is 5.20. The van der Waals surface area contributed by atoms with E-state index < -0.39 is 0 Å². The monoisotopic (exact) mass is 257 g/mol. The maximum absolute atomic E-state index is 6.16. The molecule has 0 unspecified atom stereocenters. The molecule has 2 aromatic rings. The molecule has 0 spiro atoms. The maximum atomic E-state index is 6.16. The lowest BCUT2D eigenvalue weighted by atomic mass is 10.0. The highest BCUT2D eigenvalue weighted by atomic mass is 15.3. The quantitative estimate of drug-likeness (QED) is 0.895. The SMILES string of the molecule is CCC(CC)n1cc(N)c(-c2cc(C)ccc2C)n1. The lowest BCUT2D eigenvalue weighted by Gasteiger charge is -2.12. The van der Waals surface area contributed by atoms with Crippen molar-refractivity contribution in [3.63, 3.8) is 0 Å². The average molecular weight is 257 g/mol. The van der Waals surface area contributed by atoms with E-state index in [0.717, 1.165) is 29.8 Å². The molecule has 2 N–H and O–H groups in total. The molecule has 1 aromatic carbocycles. The highest BCUT2D eigenvalue weighted by Gasteiger charge is 2.14. The number of aromatic nitrogens is 2. The molecule has 1 heterocycles. The summed E-state index contributed by atoms with van der Waals surface area (Å²) in [6.45, 7) is 8.56. The van der Waals surface area contributed by atoms with Gasteiger partial charge in [0.1, 0.15) is 5.69 Å². The minimum Gasteiger partial charge on any atom is -0.396 e. The Bertz CT molecular complexity index is 565. The van der Waals surface area contributed by atoms with E-state index in [0.29, 0.717) is 6.04 Å². The van der Waals surface area contributed by atoms with E-state index in [9.17, 15) is 0 Å². The third-order valence-corrected chi connectivity index (χ3v) is 3.73. The number of nitrogens with zero attached hydrogens (tertiary/aromatic N) is 2. The van der Waals surface area contributed by atoms with Gasteiger partial charge in [-0.05, 0) is 38.3 Å². The Morgan fingerprint density at radius 2 is 1.89 bits per heavy atom. The van der Waals surface area contributed by atoms with Gasteiger partial charge in [-0.3, -0.25) is 4.68 Å². The van der Waals surface area contributed by atoms with Crippen LogP contribution in [-0.2, 0) is 0 Å². The van der Waals surface area contributed by atoms with Gasteiger partial charge in [0, 0.05) is 11.8 Å². The molecule has 0 aliphatic rings. The van der Waals surface area contributed by atoms with E-state index in [-0.39, 0.29) is 0 Å².